The van der Waals surface area contributed by atoms with E-state index in [-0.39, 0.29) is 11.7 Å². The molecule has 1 heterocycles. The van der Waals surface area contributed by atoms with Crippen molar-refractivity contribution in [2.24, 2.45) is 0 Å². The van der Waals surface area contributed by atoms with Crippen LogP contribution in [0.15, 0.2) is 72.9 Å². The monoisotopic (exact) mass is 369 g/mol. The maximum absolute atomic E-state index is 12.1. The average molecular weight is 369 g/mol. The Morgan fingerprint density at radius 1 is 1.11 bits per heavy atom. The average Bonchev–Trinajstić information content (AvgIpc) is 3.08. The molecule has 1 N–H and O–H groups in total. The highest BCUT2D eigenvalue weighted by Gasteiger charge is 2.04. The molecule has 0 radical (unpaired) electrons. The van der Waals surface area contributed by atoms with Crippen molar-refractivity contribution in [3.05, 3.63) is 84.1 Å². The van der Waals surface area contributed by atoms with E-state index in [2.05, 4.69) is 15.2 Å². The molecule has 0 aliphatic heterocycles. The summed E-state index contributed by atoms with van der Waals surface area (Å²) in [4.78, 5) is 12.0. The first-order chi connectivity index (χ1) is 13.1. The van der Waals surface area contributed by atoms with Crippen molar-refractivity contribution in [2.45, 2.75) is 13.2 Å². The quantitative estimate of drug-likeness (QED) is 0.636. The van der Waals surface area contributed by atoms with Gasteiger partial charge >= 0.3 is 6.61 Å². The summed E-state index contributed by atoms with van der Waals surface area (Å²) in [5.41, 5.74) is 1.79. The molecular formula is C20H17F2N3O2. The molecule has 0 unspecified atom stereocenters. The highest BCUT2D eigenvalue weighted by molar-refractivity contribution is 6.01. The Balaban J connectivity index is 1.54. The number of ether oxygens (including phenoxy) is 1. The summed E-state index contributed by atoms with van der Waals surface area (Å²) in [7, 11) is 0. The van der Waals surface area contributed by atoms with Crippen molar-refractivity contribution in [1.82, 2.24) is 9.78 Å². The molecule has 0 aliphatic carbocycles. The topological polar surface area (TPSA) is 56.1 Å². The zero-order chi connectivity index (χ0) is 19.1. The number of nitrogens with one attached hydrogen (secondary N) is 1. The maximum atomic E-state index is 12.1. The number of nitrogens with zero attached hydrogens (tertiary/aromatic N) is 2. The number of carbonyl (C=O) groups excluding carboxylic acids is 1. The molecule has 27 heavy (non-hydrogen) atoms. The molecule has 0 saturated heterocycles. The third-order valence-electron chi connectivity index (χ3n) is 3.61. The number of hydrogen-bond donors (Lipinski definition) is 1. The smallest absolute Gasteiger partial charge is 0.387 e. The largest absolute Gasteiger partial charge is 0.435 e. The predicted molar refractivity (Wildman–Crippen MR) is 98.5 cm³/mol. The Labute approximate surface area is 154 Å². The summed E-state index contributed by atoms with van der Waals surface area (Å²) < 4.78 is 30.2. The number of carbonyl (C=O) groups is 1. The normalized spacial score (nSPS) is 11.1. The highest BCUT2D eigenvalue weighted by atomic mass is 19.3. The molecule has 0 atom stereocenters. The first-order valence-electron chi connectivity index (χ1n) is 8.20. The van der Waals surface area contributed by atoms with E-state index in [0.29, 0.717) is 17.9 Å². The van der Waals surface area contributed by atoms with Crippen LogP contribution in [0.4, 0.5) is 14.6 Å². The Bertz CT molecular complexity index is 906. The van der Waals surface area contributed by atoms with Crippen LogP contribution in [-0.4, -0.2) is 22.3 Å². The van der Waals surface area contributed by atoms with Gasteiger partial charge in [0.2, 0.25) is 5.91 Å². The van der Waals surface area contributed by atoms with Crippen LogP contribution < -0.4 is 10.1 Å². The van der Waals surface area contributed by atoms with E-state index >= 15 is 0 Å². The second-order valence-electron chi connectivity index (χ2n) is 5.65. The van der Waals surface area contributed by atoms with Crippen LogP contribution in [0.1, 0.15) is 11.1 Å². The van der Waals surface area contributed by atoms with E-state index in [9.17, 15) is 13.6 Å². The fourth-order valence-electron chi connectivity index (χ4n) is 2.39. The van der Waals surface area contributed by atoms with Gasteiger partial charge in [-0.25, -0.2) is 0 Å². The number of amides is 1. The Kier molecular flexibility index (Phi) is 5.94. The lowest BCUT2D eigenvalue weighted by molar-refractivity contribution is -0.111. The minimum absolute atomic E-state index is 0.0653. The van der Waals surface area contributed by atoms with Crippen LogP contribution in [0.3, 0.4) is 0 Å². The van der Waals surface area contributed by atoms with E-state index in [1.54, 1.807) is 35.2 Å². The summed E-state index contributed by atoms with van der Waals surface area (Å²) in [5.74, 6) is 0.171. The lowest BCUT2D eigenvalue weighted by Crippen LogP contribution is -2.09. The van der Waals surface area contributed by atoms with Gasteiger partial charge in [-0.3, -0.25) is 9.48 Å². The van der Waals surface area contributed by atoms with Gasteiger partial charge in [0.1, 0.15) is 5.75 Å². The highest BCUT2D eigenvalue weighted by Crippen LogP contribution is 2.15. The molecule has 0 bridgehead atoms. The standard InChI is InChI=1S/C20H17F2N3O2/c21-20(22)27-17-9-6-15(7-10-17)8-11-19(26)23-18-12-13-25(24-18)14-16-4-2-1-3-5-16/h1-13,20H,14H2,(H,23,24,26)/b11-8-. The third-order valence-corrected chi connectivity index (χ3v) is 3.61. The lowest BCUT2D eigenvalue weighted by Gasteiger charge is -2.03. The number of aromatic nitrogens is 2. The molecular weight excluding hydrogens is 352 g/mol. The van der Waals surface area contributed by atoms with Gasteiger partial charge in [-0.2, -0.15) is 13.9 Å². The van der Waals surface area contributed by atoms with Gasteiger partial charge in [0.05, 0.1) is 6.54 Å². The fourth-order valence-corrected chi connectivity index (χ4v) is 2.39. The van der Waals surface area contributed by atoms with Gasteiger partial charge in [-0.1, -0.05) is 42.5 Å². The SMILES string of the molecule is O=C(/C=C\c1ccc(OC(F)F)cc1)Nc1ccn(Cc2ccccc2)n1. The third kappa shape index (κ3) is 5.78. The van der Waals surface area contributed by atoms with Crippen molar-refractivity contribution < 1.29 is 18.3 Å². The number of halogens is 2. The minimum Gasteiger partial charge on any atom is -0.435 e. The van der Waals surface area contributed by atoms with E-state index < -0.39 is 6.61 Å². The molecule has 1 amide bonds. The Morgan fingerprint density at radius 2 is 1.85 bits per heavy atom. The maximum Gasteiger partial charge on any atom is 0.387 e. The number of benzene rings is 2. The van der Waals surface area contributed by atoms with Crippen LogP contribution in [-0.2, 0) is 11.3 Å². The first kappa shape index (κ1) is 18.3. The molecule has 0 spiro atoms. The van der Waals surface area contributed by atoms with Crippen LogP contribution >= 0.6 is 0 Å². The van der Waals surface area contributed by atoms with Crippen LogP contribution in [0.2, 0.25) is 0 Å². The van der Waals surface area contributed by atoms with Crippen molar-refractivity contribution >= 4 is 17.8 Å². The fraction of sp³-hybridized carbons (Fsp3) is 0.100. The molecule has 2 aromatic carbocycles. The summed E-state index contributed by atoms with van der Waals surface area (Å²) >= 11 is 0. The molecule has 5 nitrogen and oxygen atoms in total. The van der Waals surface area contributed by atoms with Crippen molar-refractivity contribution in [1.29, 1.82) is 0 Å². The Hall–Kier alpha value is -3.48. The molecule has 3 rings (SSSR count). The van der Waals surface area contributed by atoms with E-state index in [1.165, 1.54) is 18.2 Å². The van der Waals surface area contributed by atoms with Gasteiger partial charge in [-0.15, -0.1) is 0 Å². The zero-order valence-corrected chi connectivity index (χ0v) is 14.3. The number of hydrogen-bond acceptors (Lipinski definition) is 3. The second-order valence-corrected chi connectivity index (χ2v) is 5.65. The zero-order valence-electron chi connectivity index (χ0n) is 14.3. The van der Waals surface area contributed by atoms with Gasteiger partial charge in [0.15, 0.2) is 5.82 Å². The number of rotatable bonds is 7. The second kappa shape index (κ2) is 8.75. The van der Waals surface area contributed by atoms with Crippen molar-refractivity contribution in [2.75, 3.05) is 5.32 Å². The molecule has 0 saturated carbocycles. The Morgan fingerprint density at radius 3 is 2.56 bits per heavy atom. The van der Waals surface area contributed by atoms with Gasteiger partial charge in [0.25, 0.3) is 0 Å². The molecule has 0 fully saturated rings. The van der Waals surface area contributed by atoms with Crippen molar-refractivity contribution in [3.8, 4) is 5.75 Å². The van der Waals surface area contributed by atoms with E-state index in [4.69, 9.17) is 0 Å². The molecule has 1 aromatic heterocycles. The lowest BCUT2D eigenvalue weighted by atomic mass is 10.2. The minimum atomic E-state index is -2.86. The summed E-state index contributed by atoms with van der Waals surface area (Å²) in [5, 5.41) is 6.98. The molecule has 138 valence electrons. The summed E-state index contributed by atoms with van der Waals surface area (Å²) in [6.45, 7) is -2.25. The molecule has 0 aliphatic rings. The predicted octanol–water partition coefficient (Wildman–Crippen LogP) is 4.18. The van der Waals surface area contributed by atoms with Crippen LogP contribution in [0.25, 0.3) is 6.08 Å². The van der Waals surface area contributed by atoms with E-state index in [0.717, 1.165) is 5.56 Å². The van der Waals surface area contributed by atoms with Gasteiger partial charge < -0.3 is 10.1 Å². The molecule has 3 aromatic rings. The first-order valence-corrected chi connectivity index (χ1v) is 8.20. The van der Waals surface area contributed by atoms with Gasteiger partial charge in [-0.05, 0) is 29.3 Å². The summed E-state index contributed by atoms with van der Waals surface area (Å²) in [6, 6.07) is 17.6. The van der Waals surface area contributed by atoms with Crippen molar-refractivity contribution in [3.63, 3.8) is 0 Å². The number of anilines is 1. The van der Waals surface area contributed by atoms with E-state index in [1.807, 2.05) is 30.3 Å². The molecule has 7 heteroatoms. The van der Waals surface area contributed by atoms with Gasteiger partial charge in [0, 0.05) is 18.3 Å². The summed E-state index contributed by atoms with van der Waals surface area (Å²) in [6.07, 6.45) is 4.70. The van der Waals surface area contributed by atoms with Crippen LogP contribution in [0, 0.1) is 0 Å². The van der Waals surface area contributed by atoms with Crippen LogP contribution in [0.5, 0.6) is 5.75 Å². The number of alkyl halides is 2.